The van der Waals surface area contributed by atoms with E-state index in [4.69, 9.17) is 123 Å². The molecule has 1 heterocycles. The van der Waals surface area contributed by atoms with Crippen molar-refractivity contribution in [2.45, 2.75) is 0 Å². The molecule has 0 bridgehead atoms. The summed E-state index contributed by atoms with van der Waals surface area (Å²) < 4.78 is 1.84. The van der Waals surface area contributed by atoms with Crippen molar-refractivity contribution < 1.29 is 0 Å². The van der Waals surface area contributed by atoms with E-state index >= 15 is 0 Å². The maximum Gasteiger partial charge on any atom is 0.145 e. The first-order chi connectivity index (χ1) is 29.5. The molecule has 30 radical (unpaired) electrons. The number of hydrogen-bond donors (Lipinski definition) is 0. The Morgan fingerprint density at radius 3 is 1.26 bits per heavy atom. The van der Waals surface area contributed by atoms with E-state index in [9.17, 15) is 0 Å². The topological polar surface area (TPSA) is 17.8 Å². The standard InChI is InChI=1S/C45H15B15N2/c46-29-26(30(47)34(51)37(54)33(29)50)18-13-14-21-22(15-18)27(28-31(48)35(52)38(55)36(53)32(28)49)20-6-2-1-5-19(20)25(21)16-9-11-17(12-10-16)45-61-23-7-3-4-8-24(23)62(45)44-42(59)40(57)39(56)41(58)43(44)60/h1-15H. The van der Waals surface area contributed by atoms with Crippen LogP contribution in [0.3, 0.4) is 0 Å². The van der Waals surface area contributed by atoms with Crippen LogP contribution in [0.5, 0.6) is 0 Å². The lowest BCUT2D eigenvalue weighted by molar-refractivity contribution is 1.12. The highest BCUT2D eigenvalue weighted by Crippen LogP contribution is 2.44. The summed E-state index contributed by atoms with van der Waals surface area (Å²) in [4.78, 5) is 5.02. The van der Waals surface area contributed by atoms with Gasteiger partial charge in [0, 0.05) is 11.3 Å². The van der Waals surface area contributed by atoms with E-state index in [0.29, 0.717) is 44.7 Å². The van der Waals surface area contributed by atoms with Crippen molar-refractivity contribution in [3.63, 3.8) is 0 Å². The number of nitrogens with zero attached hydrogens (tertiary/aromatic N) is 2. The summed E-state index contributed by atoms with van der Waals surface area (Å²) in [6, 6.07) is 29.2. The van der Waals surface area contributed by atoms with Crippen molar-refractivity contribution in [1.82, 2.24) is 9.55 Å². The van der Waals surface area contributed by atoms with E-state index in [-0.39, 0.29) is 81.9 Å². The minimum Gasteiger partial charge on any atom is -0.294 e. The monoisotopic (exact) mass is 748 g/mol. The highest BCUT2D eigenvalue weighted by molar-refractivity contribution is 6.71. The summed E-state index contributed by atoms with van der Waals surface area (Å²) in [6.45, 7) is 0. The fraction of sp³-hybridized carbons (Fsp3) is 0. The molecule has 9 aromatic rings. The average Bonchev–Trinajstić information content (AvgIpc) is 3.66. The summed E-state index contributed by atoms with van der Waals surface area (Å²) in [6.07, 6.45) is 0. The molecule has 0 saturated heterocycles. The van der Waals surface area contributed by atoms with Crippen molar-refractivity contribution in [3.05, 3.63) is 91.0 Å². The second-order valence-electron chi connectivity index (χ2n) is 15.2. The lowest BCUT2D eigenvalue weighted by atomic mass is 9.59. The minimum atomic E-state index is 0.0883. The quantitative estimate of drug-likeness (QED) is 0.127. The lowest BCUT2D eigenvalue weighted by Gasteiger charge is -2.26. The lowest BCUT2D eigenvalue weighted by Crippen LogP contribution is -2.56. The highest BCUT2D eigenvalue weighted by Gasteiger charge is 2.24. The molecule has 0 N–H and O–H groups in total. The van der Waals surface area contributed by atoms with Crippen molar-refractivity contribution in [1.29, 1.82) is 0 Å². The maximum absolute atomic E-state index is 6.80. The van der Waals surface area contributed by atoms with Gasteiger partial charge >= 0.3 is 0 Å². The van der Waals surface area contributed by atoms with Crippen molar-refractivity contribution in [2.24, 2.45) is 0 Å². The number of hydrogen-bond acceptors (Lipinski definition) is 1. The zero-order valence-corrected chi connectivity index (χ0v) is 33.2. The van der Waals surface area contributed by atoms with Gasteiger partial charge in [-0.3, -0.25) is 4.57 Å². The van der Waals surface area contributed by atoms with Crippen LogP contribution in [-0.4, -0.2) is 127 Å². The Bertz CT molecular complexity index is 3330. The molecule has 2 nitrogen and oxygen atoms in total. The number of para-hydroxylation sites is 2. The van der Waals surface area contributed by atoms with Gasteiger partial charge in [-0.05, 0) is 73.1 Å². The molecular weight excluding hydrogens is 731 g/mol. The van der Waals surface area contributed by atoms with E-state index in [1.165, 1.54) is 0 Å². The van der Waals surface area contributed by atoms with Crippen molar-refractivity contribution in [2.75, 3.05) is 0 Å². The molecule has 0 fully saturated rings. The van der Waals surface area contributed by atoms with Crippen LogP contribution in [0.2, 0.25) is 0 Å². The Labute approximate surface area is 381 Å². The van der Waals surface area contributed by atoms with E-state index in [0.717, 1.165) is 38.4 Å². The smallest absolute Gasteiger partial charge is 0.145 e. The number of aromatic nitrogens is 2. The molecule has 8 aromatic carbocycles. The van der Waals surface area contributed by atoms with E-state index < -0.39 is 0 Å². The third-order valence-electron chi connectivity index (χ3n) is 11.8. The first-order valence-corrected chi connectivity index (χ1v) is 19.2. The number of fused-ring (bicyclic) bond motifs is 3. The Morgan fingerprint density at radius 2 is 0.710 bits per heavy atom. The SMILES string of the molecule is [B]c1c([B])c([B])c(-c2ccc3c(-c4ccc(-c5nc6ccccc6n5-c5c([B])c([B])c([B])c([B])c5[B])cc4)c4ccccc4c(-c4c([B])c([B])c([B])c([B])c4[B])c3c2)c([B])c1[B]. The second kappa shape index (κ2) is 15.5. The first kappa shape index (κ1) is 42.0. The highest BCUT2D eigenvalue weighted by atomic mass is 15.1. The largest absolute Gasteiger partial charge is 0.294 e. The van der Waals surface area contributed by atoms with Gasteiger partial charge in [0.2, 0.25) is 0 Å². The summed E-state index contributed by atoms with van der Waals surface area (Å²) >= 11 is 0. The van der Waals surface area contributed by atoms with E-state index in [1.807, 2.05) is 95.6 Å². The van der Waals surface area contributed by atoms with Gasteiger partial charge in [0.1, 0.15) is 124 Å². The Morgan fingerprint density at radius 1 is 0.306 bits per heavy atom. The summed E-state index contributed by atoms with van der Waals surface area (Å²) in [5.41, 5.74) is 8.31. The normalized spacial score (nSPS) is 11.5. The predicted molar refractivity (Wildman–Crippen MR) is 279 cm³/mol. The molecule has 0 spiro atoms. The van der Waals surface area contributed by atoms with Gasteiger partial charge in [0.25, 0.3) is 0 Å². The van der Waals surface area contributed by atoms with Gasteiger partial charge in [-0.15, -0.1) is 49.2 Å². The molecule has 0 aliphatic rings. The number of benzene rings is 8. The van der Waals surface area contributed by atoms with Crippen LogP contribution < -0.4 is 81.9 Å². The van der Waals surface area contributed by atoms with Gasteiger partial charge in [0.05, 0.1) is 11.0 Å². The Kier molecular flexibility index (Phi) is 10.5. The fourth-order valence-corrected chi connectivity index (χ4v) is 8.50. The molecule has 1 aromatic heterocycles. The van der Waals surface area contributed by atoms with Gasteiger partial charge in [-0.25, -0.2) is 4.98 Å². The molecule has 62 heavy (non-hydrogen) atoms. The average molecular weight is 746 g/mol. The van der Waals surface area contributed by atoms with Gasteiger partial charge < -0.3 is 0 Å². The Hall–Kier alpha value is -5.28. The molecule has 250 valence electrons. The van der Waals surface area contributed by atoms with Crippen LogP contribution in [0.25, 0.3) is 83.0 Å². The molecule has 0 atom stereocenters. The summed E-state index contributed by atoms with van der Waals surface area (Å²) in [5.74, 6) is 0.538. The van der Waals surface area contributed by atoms with Crippen LogP contribution in [0, 0.1) is 0 Å². The second-order valence-corrected chi connectivity index (χ2v) is 15.2. The molecule has 0 amide bonds. The molecule has 0 aliphatic carbocycles. The fourth-order valence-electron chi connectivity index (χ4n) is 8.50. The molecule has 0 unspecified atom stereocenters. The number of imidazole rings is 1. The van der Waals surface area contributed by atoms with Gasteiger partial charge in [-0.1, -0.05) is 106 Å². The first-order valence-electron chi connectivity index (χ1n) is 19.2. The molecule has 0 saturated carbocycles. The molecule has 17 heteroatoms. The van der Waals surface area contributed by atoms with Gasteiger partial charge in [-0.2, -0.15) is 0 Å². The minimum absolute atomic E-state index is 0.0883. The molecular formula is C45H15B15N2. The maximum atomic E-state index is 6.80. The van der Waals surface area contributed by atoms with Crippen LogP contribution in [-0.2, 0) is 0 Å². The summed E-state index contributed by atoms with van der Waals surface area (Å²) in [7, 11) is 97.0. The van der Waals surface area contributed by atoms with Gasteiger partial charge in [0.15, 0.2) is 0 Å². The van der Waals surface area contributed by atoms with Crippen molar-refractivity contribution in [3.8, 4) is 50.5 Å². The van der Waals surface area contributed by atoms with Crippen molar-refractivity contribution >= 4 is 232 Å². The summed E-state index contributed by atoms with van der Waals surface area (Å²) in [5, 5.41) is 3.14. The zero-order chi connectivity index (χ0) is 44.2. The van der Waals surface area contributed by atoms with Crippen LogP contribution in [0.15, 0.2) is 91.0 Å². The van der Waals surface area contributed by atoms with E-state index in [1.54, 1.807) is 0 Å². The van der Waals surface area contributed by atoms with E-state index in [2.05, 4.69) is 0 Å². The molecule has 9 rings (SSSR count). The molecule has 0 aliphatic heterocycles. The third-order valence-corrected chi connectivity index (χ3v) is 11.8. The number of rotatable bonds is 5. The zero-order valence-electron chi connectivity index (χ0n) is 33.2. The predicted octanol–water partition coefficient (Wildman–Crippen LogP) is -6.09. The van der Waals surface area contributed by atoms with Crippen LogP contribution >= 0.6 is 0 Å². The van der Waals surface area contributed by atoms with Crippen LogP contribution in [0.1, 0.15) is 0 Å². The van der Waals surface area contributed by atoms with Crippen LogP contribution in [0.4, 0.5) is 0 Å². The Balaban J connectivity index is 1.34. The third kappa shape index (κ3) is 6.19.